The van der Waals surface area contributed by atoms with Crippen molar-refractivity contribution in [3.8, 4) is 0 Å². The van der Waals surface area contributed by atoms with E-state index in [4.69, 9.17) is 0 Å². The van der Waals surface area contributed by atoms with Crippen LogP contribution in [0.3, 0.4) is 0 Å². The third kappa shape index (κ3) is 6.14. The minimum atomic E-state index is -0.561. The number of rotatable bonds is 10. The van der Waals surface area contributed by atoms with Crippen LogP contribution >= 0.6 is 0 Å². The van der Waals surface area contributed by atoms with E-state index in [9.17, 15) is 9.59 Å². The molecule has 1 saturated heterocycles. The highest BCUT2D eigenvalue weighted by atomic mass is 16.2. The third-order valence-corrected chi connectivity index (χ3v) is 6.53. The summed E-state index contributed by atoms with van der Waals surface area (Å²) < 4.78 is 0. The van der Waals surface area contributed by atoms with Crippen molar-refractivity contribution in [3.63, 3.8) is 0 Å². The summed E-state index contributed by atoms with van der Waals surface area (Å²) in [6.07, 6.45) is 2.83. The monoisotopic (exact) mass is 415 g/mol. The van der Waals surface area contributed by atoms with Crippen LogP contribution in [0.15, 0.2) is 30.3 Å². The number of nitrogens with zero attached hydrogens (tertiary/aromatic N) is 3. The summed E-state index contributed by atoms with van der Waals surface area (Å²) >= 11 is 0. The molecule has 0 spiro atoms. The summed E-state index contributed by atoms with van der Waals surface area (Å²) in [6, 6.07) is 11.2. The lowest BCUT2D eigenvalue weighted by atomic mass is 9.73. The summed E-state index contributed by atoms with van der Waals surface area (Å²) in [5.74, 6) is 0.531. The molecule has 1 heterocycles. The number of likely N-dealkylation sites (tertiary alicyclic amines) is 1. The quantitative estimate of drug-likeness (QED) is 0.586. The molecule has 30 heavy (non-hydrogen) atoms. The Morgan fingerprint density at radius 1 is 1.00 bits per heavy atom. The summed E-state index contributed by atoms with van der Waals surface area (Å²) in [7, 11) is 3.73. The van der Waals surface area contributed by atoms with E-state index in [1.54, 1.807) is 4.90 Å². The molecule has 1 fully saturated rings. The molecule has 5 nitrogen and oxygen atoms in total. The van der Waals surface area contributed by atoms with E-state index in [0.29, 0.717) is 30.7 Å². The Morgan fingerprint density at radius 3 is 2.07 bits per heavy atom. The van der Waals surface area contributed by atoms with Crippen LogP contribution in [-0.2, 0) is 15.0 Å². The van der Waals surface area contributed by atoms with Crippen molar-refractivity contribution in [1.29, 1.82) is 0 Å². The number of amides is 1. The van der Waals surface area contributed by atoms with Crippen LogP contribution in [0.25, 0.3) is 0 Å². The maximum atomic E-state index is 13.7. The number of hydrogen-bond donors (Lipinski definition) is 0. The second-order valence-electron chi connectivity index (χ2n) is 9.45. The molecule has 2 rings (SSSR count). The molecule has 0 aromatic heterocycles. The molecule has 1 aliphatic heterocycles. The molecule has 5 heteroatoms. The molecule has 0 saturated carbocycles. The van der Waals surface area contributed by atoms with Crippen molar-refractivity contribution in [2.75, 3.05) is 40.3 Å². The lowest BCUT2D eigenvalue weighted by Gasteiger charge is -2.40. The first-order valence-electron chi connectivity index (χ1n) is 11.4. The van der Waals surface area contributed by atoms with E-state index in [0.717, 1.165) is 44.6 Å². The summed E-state index contributed by atoms with van der Waals surface area (Å²) in [6.45, 7) is 12.2. The Bertz CT molecular complexity index is 669. The van der Waals surface area contributed by atoms with E-state index in [1.807, 2.05) is 32.3 Å². The molecule has 0 bridgehead atoms. The highest BCUT2D eigenvalue weighted by molar-refractivity contribution is 5.88. The lowest BCUT2D eigenvalue weighted by Crippen LogP contribution is -2.49. The molecule has 0 radical (unpaired) electrons. The maximum absolute atomic E-state index is 13.7. The van der Waals surface area contributed by atoms with Gasteiger partial charge in [0.2, 0.25) is 5.91 Å². The zero-order valence-electron chi connectivity index (χ0n) is 19.9. The van der Waals surface area contributed by atoms with Crippen LogP contribution in [0.2, 0.25) is 0 Å². The van der Waals surface area contributed by atoms with E-state index in [1.165, 1.54) is 0 Å². The van der Waals surface area contributed by atoms with Gasteiger partial charge in [0, 0.05) is 58.7 Å². The standard InChI is InChI=1S/C25H41N3O2/c1-20(2)28(21(3)4)19-15-25(24(30)26(5)6,22-10-8-7-9-11-22)14-18-27-16-12-23(29)13-17-27/h7-11,20-21H,12-19H2,1-6H3. The van der Waals surface area contributed by atoms with E-state index < -0.39 is 5.41 Å². The SMILES string of the molecule is CC(C)N(CCC(CCN1CCC(=O)CC1)(C(=O)N(C)C)c1ccccc1)C(C)C. The van der Waals surface area contributed by atoms with Crippen molar-refractivity contribution in [1.82, 2.24) is 14.7 Å². The number of carbonyl (C=O) groups excluding carboxylic acids is 2. The minimum Gasteiger partial charge on any atom is -0.348 e. The van der Waals surface area contributed by atoms with Crippen molar-refractivity contribution in [2.45, 2.75) is 70.9 Å². The number of hydrogen-bond acceptors (Lipinski definition) is 4. The van der Waals surface area contributed by atoms with Crippen LogP contribution in [0.5, 0.6) is 0 Å². The molecule has 168 valence electrons. The van der Waals surface area contributed by atoms with Gasteiger partial charge in [-0.15, -0.1) is 0 Å². The average Bonchev–Trinajstić information content (AvgIpc) is 2.71. The van der Waals surface area contributed by atoms with Crippen LogP contribution in [0.4, 0.5) is 0 Å². The number of piperidine rings is 1. The Labute approximate surface area is 183 Å². The summed E-state index contributed by atoms with van der Waals surface area (Å²) in [5.41, 5.74) is 0.540. The highest BCUT2D eigenvalue weighted by Gasteiger charge is 2.41. The highest BCUT2D eigenvalue weighted by Crippen LogP contribution is 2.35. The maximum Gasteiger partial charge on any atom is 0.232 e. The first kappa shape index (κ1) is 24.5. The topological polar surface area (TPSA) is 43.9 Å². The van der Waals surface area contributed by atoms with Gasteiger partial charge in [-0.2, -0.15) is 0 Å². The average molecular weight is 416 g/mol. The Kier molecular flexibility index (Phi) is 9.05. The number of ketones is 1. The number of carbonyl (C=O) groups is 2. The van der Waals surface area contributed by atoms with Crippen LogP contribution in [0, 0.1) is 0 Å². The van der Waals surface area contributed by atoms with Crippen molar-refractivity contribution >= 4 is 11.7 Å². The molecule has 0 aliphatic carbocycles. The van der Waals surface area contributed by atoms with Gasteiger partial charge in [0.1, 0.15) is 5.78 Å². The first-order chi connectivity index (χ1) is 14.2. The summed E-state index contributed by atoms with van der Waals surface area (Å²) in [5, 5.41) is 0. The van der Waals surface area contributed by atoms with Crippen molar-refractivity contribution < 1.29 is 9.59 Å². The normalized spacial score (nSPS) is 17.6. The predicted octanol–water partition coefficient (Wildman–Crippen LogP) is 3.58. The van der Waals surface area contributed by atoms with Crippen LogP contribution in [-0.4, -0.2) is 78.7 Å². The van der Waals surface area contributed by atoms with Gasteiger partial charge < -0.3 is 9.80 Å². The molecular formula is C25H41N3O2. The fourth-order valence-electron chi connectivity index (χ4n) is 4.74. The van der Waals surface area contributed by atoms with Gasteiger partial charge in [-0.3, -0.25) is 14.5 Å². The van der Waals surface area contributed by atoms with Crippen LogP contribution < -0.4 is 0 Å². The van der Waals surface area contributed by atoms with Gasteiger partial charge in [-0.1, -0.05) is 30.3 Å². The number of Topliss-reactive ketones (excluding diaryl/α,β-unsaturated/α-hetero) is 1. The molecule has 1 unspecified atom stereocenters. The Balaban J connectivity index is 2.34. The largest absolute Gasteiger partial charge is 0.348 e. The van der Waals surface area contributed by atoms with Crippen molar-refractivity contribution in [3.05, 3.63) is 35.9 Å². The van der Waals surface area contributed by atoms with Gasteiger partial charge in [-0.05, 0) is 52.6 Å². The molecule has 1 atom stereocenters. The fourth-order valence-corrected chi connectivity index (χ4v) is 4.74. The number of benzene rings is 1. The molecule has 0 N–H and O–H groups in total. The van der Waals surface area contributed by atoms with Crippen LogP contribution in [0.1, 0.15) is 58.9 Å². The van der Waals surface area contributed by atoms with E-state index in [-0.39, 0.29) is 5.91 Å². The van der Waals surface area contributed by atoms with Gasteiger partial charge in [-0.25, -0.2) is 0 Å². The van der Waals surface area contributed by atoms with E-state index >= 15 is 0 Å². The number of likely N-dealkylation sites (N-methyl/N-ethyl adjacent to an activating group) is 1. The van der Waals surface area contributed by atoms with Gasteiger partial charge in [0.15, 0.2) is 0 Å². The lowest BCUT2D eigenvalue weighted by molar-refractivity contribution is -0.136. The smallest absolute Gasteiger partial charge is 0.232 e. The molecule has 1 aromatic carbocycles. The Hall–Kier alpha value is -1.72. The molecule has 1 amide bonds. The molecular weight excluding hydrogens is 374 g/mol. The molecule has 1 aromatic rings. The van der Waals surface area contributed by atoms with E-state index in [2.05, 4.69) is 49.6 Å². The van der Waals surface area contributed by atoms with Gasteiger partial charge >= 0.3 is 0 Å². The second kappa shape index (κ2) is 11.1. The molecule has 1 aliphatic rings. The minimum absolute atomic E-state index is 0.175. The second-order valence-corrected chi connectivity index (χ2v) is 9.45. The third-order valence-electron chi connectivity index (χ3n) is 6.53. The zero-order valence-corrected chi connectivity index (χ0v) is 19.9. The predicted molar refractivity (Wildman–Crippen MR) is 124 cm³/mol. The fraction of sp³-hybridized carbons (Fsp3) is 0.680. The van der Waals surface area contributed by atoms with Crippen molar-refractivity contribution in [2.24, 2.45) is 0 Å². The Morgan fingerprint density at radius 2 is 1.57 bits per heavy atom. The summed E-state index contributed by atoms with van der Waals surface area (Å²) in [4.78, 5) is 31.9. The van der Waals surface area contributed by atoms with Gasteiger partial charge in [0.05, 0.1) is 5.41 Å². The zero-order chi connectivity index (χ0) is 22.3. The first-order valence-corrected chi connectivity index (χ1v) is 11.4. The van der Waals surface area contributed by atoms with Gasteiger partial charge in [0.25, 0.3) is 0 Å².